The van der Waals surface area contributed by atoms with Crippen LogP contribution in [0.1, 0.15) is 15.9 Å². The standard InChI is InChI=1S/C23H26N6O3/c1-14-16(4-3-5-18(14)24)20-13-28(2)23(31)21(27-20)26-15-6-7-17(19(25)12-15)22(30)29-8-10-32-11-9-29/h3-7,12-13H,8-11,24-25H2,1-2H3,(H,26,27). The van der Waals surface area contributed by atoms with E-state index in [-0.39, 0.29) is 17.3 Å². The molecule has 0 atom stereocenters. The lowest BCUT2D eigenvalue weighted by Gasteiger charge is -2.27. The minimum absolute atomic E-state index is 0.134. The maximum absolute atomic E-state index is 12.7. The molecule has 0 spiro atoms. The molecule has 2 heterocycles. The summed E-state index contributed by atoms with van der Waals surface area (Å²) in [6, 6.07) is 10.6. The monoisotopic (exact) mass is 434 g/mol. The Morgan fingerprint density at radius 3 is 2.59 bits per heavy atom. The fraction of sp³-hybridized carbons (Fsp3) is 0.261. The lowest BCUT2D eigenvalue weighted by Crippen LogP contribution is -2.40. The molecular weight excluding hydrogens is 408 g/mol. The maximum atomic E-state index is 12.7. The molecule has 5 N–H and O–H groups in total. The van der Waals surface area contributed by atoms with Gasteiger partial charge >= 0.3 is 0 Å². The predicted octanol–water partition coefficient (Wildman–Crippen LogP) is 2.14. The van der Waals surface area contributed by atoms with Gasteiger partial charge < -0.3 is 31.0 Å². The van der Waals surface area contributed by atoms with E-state index in [4.69, 9.17) is 16.2 Å². The zero-order chi connectivity index (χ0) is 22.8. The summed E-state index contributed by atoms with van der Waals surface area (Å²) >= 11 is 0. The minimum atomic E-state index is -0.289. The van der Waals surface area contributed by atoms with Crippen LogP contribution >= 0.6 is 0 Å². The summed E-state index contributed by atoms with van der Waals surface area (Å²) in [4.78, 5) is 31.7. The number of rotatable bonds is 4. The molecule has 1 saturated heterocycles. The highest BCUT2D eigenvalue weighted by Crippen LogP contribution is 2.27. The second-order valence-electron chi connectivity index (χ2n) is 7.74. The number of carbonyl (C=O) groups excluding carboxylic acids is 1. The highest BCUT2D eigenvalue weighted by atomic mass is 16.5. The van der Waals surface area contributed by atoms with Gasteiger partial charge in [-0.2, -0.15) is 0 Å². The van der Waals surface area contributed by atoms with Crippen molar-refractivity contribution in [2.24, 2.45) is 7.05 Å². The number of aryl methyl sites for hydroxylation is 1. The topological polar surface area (TPSA) is 128 Å². The number of hydrogen-bond acceptors (Lipinski definition) is 7. The first kappa shape index (κ1) is 21.4. The van der Waals surface area contributed by atoms with E-state index in [1.165, 1.54) is 4.57 Å². The van der Waals surface area contributed by atoms with Gasteiger partial charge in [0, 0.05) is 49.0 Å². The predicted molar refractivity (Wildman–Crippen MR) is 125 cm³/mol. The molecule has 3 aromatic rings. The van der Waals surface area contributed by atoms with Crippen LogP contribution in [0.15, 0.2) is 47.4 Å². The number of nitrogens with zero attached hydrogens (tertiary/aromatic N) is 3. The maximum Gasteiger partial charge on any atom is 0.293 e. The third-order valence-corrected chi connectivity index (χ3v) is 5.57. The number of nitrogens with two attached hydrogens (primary N) is 2. The number of nitrogen functional groups attached to an aromatic ring is 2. The first-order chi connectivity index (χ1) is 15.3. The fourth-order valence-corrected chi connectivity index (χ4v) is 3.66. The highest BCUT2D eigenvalue weighted by molar-refractivity contribution is 6.00. The van der Waals surface area contributed by atoms with E-state index in [0.29, 0.717) is 54.6 Å². The zero-order valence-corrected chi connectivity index (χ0v) is 18.1. The average Bonchev–Trinajstić information content (AvgIpc) is 2.79. The molecule has 2 aromatic carbocycles. The molecule has 1 aliphatic rings. The Balaban J connectivity index is 1.63. The van der Waals surface area contributed by atoms with E-state index in [2.05, 4.69) is 10.3 Å². The summed E-state index contributed by atoms with van der Waals surface area (Å²) in [5, 5.41) is 3.04. The Morgan fingerprint density at radius 1 is 1.12 bits per heavy atom. The Labute approximate surface area is 185 Å². The van der Waals surface area contributed by atoms with Crippen LogP contribution in [0.4, 0.5) is 22.9 Å². The van der Waals surface area contributed by atoms with Crippen molar-refractivity contribution in [1.29, 1.82) is 0 Å². The lowest BCUT2D eigenvalue weighted by atomic mass is 10.0. The summed E-state index contributed by atoms with van der Waals surface area (Å²) in [5.74, 6) is 0.0176. The van der Waals surface area contributed by atoms with Crippen LogP contribution in [0.25, 0.3) is 11.3 Å². The second kappa shape index (κ2) is 8.72. The molecule has 9 nitrogen and oxygen atoms in total. The molecule has 0 radical (unpaired) electrons. The van der Waals surface area contributed by atoms with Crippen LogP contribution in [-0.4, -0.2) is 46.7 Å². The van der Waals surface area contributed by atoms with Gasteiger partial charge in [-0.1, -0.05) is 12.1 Å². The summed E-state index contributed by atoms with van der Waals surface area (Å²) in [6.45, 7) is 4.02. The third-order valence-electron chi connectivity index (χ3n) is 5.57. The Bertz CT molecular complexity index is 1230. The van der Waals surface area contributed by atoms with Crippen molar-refractivity contribution in [2.75, 3.05) is 43.1 Å². The molecule has 0 aliphatic carbocycles. The zero-order valence-electron chi connectivity index (χ0n) is 18.1. The molecule has 0 saturated carbocycles. The fourth-order valence-electron chi connectivity index (χ4n) is 3.66. The Hall–Kier alpha value is -3.85. The normalized spacial score (nSPS) is 13.8. The average molecular weight is 435 g/mol. The van der Waals surface area contributed by atoms with E-state index < -0.39 is 0 Å². The minimum Gasteiger partial charge on any atom is -0.398 e. The molecule has 4 rings (SSSR count). The number of nitrogens with one attached hydrogen (secondary N) is 1. The molecule has 32 heavy (non-hydrogen) atoms. The molecular formula is C23H26N6O3. The van der Waals surface area contributed by atoms with Crippen molar-refractivity contribution in [3.63, 3.8) is 0 Å². The van der Waals surface area contributed by atoms with Gasteiger partial charge in [-0.15, -0.1) is 0 Å². The Morgan fingerprint density at radius 2 is 1.88 bits per heavy atom. The molecule has 1 fully saturated rings. The van der Waals surface area contributed by atoms with Crippen LogP contribution in [0, 0.1) is 6.92 Å². The van der Waals surface area contributed by atoms with Crippen molar-refractivity contribution >= 4 is 28.8 Å². The number of aromatic nitrogens is 2. The van der Waals surface area contributed by atoms with Crippen molar-refractivity contribution in [3.8, 4) is 11.3 Å². The van der Waals surface area contributed by atoms with Gasteiger partial charge in [-0.25, -0.2) is 4.98 Å². The quantitative estimate of drug-likeness (QED) is 0.537. The lowest BCUT2D eigenvalue weighted by molar-refractivity contribution is 0.0303. The van der Waals surface area contributed by atoms with Crippen LogP contribution < -0.4 is 22.3 Å². The van der Waals surface area contributed by atoms with E-state index in [1.807, 2.05) is 25.1 Å². The first-order valence-corrected chi connectivity index (χ1v) is 10.3. The third kappa shape index (κ3) is 4.15. The summed E-state index contributed by atoms with van der Waals surface area (Å²) < 4.78 is 6.76. The molecule has 0 bridgehead atoms. The number of anilines is 4. The van der Waals surface area contributed by atoms with Gasteiger partial charge in [0.05, 0.1) is 24.5 Å². The van der Waals surface area contributed by atoms with E-state index in [0.717, 1.165) is 11.1 Å². The first-order valence-electron chi connectivity index (χ1n) is 10.3. The molecule has 1 aromatic heterocycles. The Kier molecular flexibility index (Phi) is 5.83. The molecule has 0 unspecified atom stereocenters. The van der Waals surface area contributed by atoms with Gasteiger partial charge in [-0.05, 0) is 36.8 Å². The molecule has 166 valence electrons. The number of morpholine rings is 1. The van der Waals surface area contributed by atoms with E-state index in [9.17, 15) is 9.59 Å². The van der Waals surface area contributed by atoms with Crippen molar-refractivity contribution in [3.05, 3.63) is 64.1 Å². The van der Waals surface area contributed by atoms with Gasteiger partial charge in [0.2, 0.25) is 0 Å². The second-order valence-corrected chi connectivity index (χ2v) is 7.74. The number of carbonyl (C=O) groups is 1. The van der Waals surface area contributed by atoms with Gasteiger partial charge in [0.1, 0.15) is 0 Å². The molecule has 9 heteroatoms. The summed E-state index contributed by atoms with van der Waals surface area (Å²) in [6.07, 6.45) is 1.67. The molecule has 1 aliphatic heterocycles. The van der Waals surface area contributed by atoms with Crippen LogP contribution in [-0.2, 0) is 11.8 Å². The SMILES string of the molecule is Cc1c(N)cccc1-c1cn(C)c(=O)c(Nc2ccc(C(=O)N3CCOCC3)c(N)c2)n1. The van der Waals surface area contributed by atoms with Crippen molar-refractivity contribution < 1.29 is 9.53 Å². The van der Waals surface area contributed by atoms with E-state index >= 15 is 0 Å². The van der Waals surface area contributed by atoms with Gasteiger partial charge in [-0.3, -0.25) is 9.59 Å². The van der Waals surface area contributed by atoms with Crippen molar-refractivity contribution in [1.82, 2.24) is 14.5 Å². The van der Waals surface area contributed by atoms with Crippen LogP contribution in [0.2, 0.25) is 0 Å². The number of benzene rings is 2. The van der Waals surface area contributed by atoms with E-state index in [1.54, 1.807) is 36.3 Å². The van der Waals surface area contributed by atoms with Crippen LogP contribution in [0.5, 0.6) is 0 Å². The largest absolute Gasteiger partial charge is 0.398 e. The van der Waals surface area contributed by atoms with Gasteiger partial charge in [0.15, 0.2) is 5.82 Å². The number of ether oxygens (including phenoxy) is 1. The van der Waals surface area contributed by atoms with Crippen molar-refractivity contribution in [2.45, 2.75) is 6.92 Å². The number of hydrogen-bond donors (Lipinski definition) is 3. The summed E-state index contributed by atoms with van der Waals surface area (Å²) in [7, 11) is 1.67. The summed E-state index contributed by atoms with van der Waals surface area (Å²) in [5.41, 5.74) is 16.2. The number of amides is 1. The van der Waals surface area contributed by atoms with Gasteiger partial charge in [0.25, 0.3) is 11.5 Å². The molecule has 1 amide bonds. The highest BCUT2D eigenvalue weighted by Gasteiger charge is 2.21. The van der Waals surface area contributed by atoms with Crippen LogP contribution in [0.3, 0.4) is 0 Å². The smallest absolute Gasteiger partial charge is 0.293 e.